The molecule has 0 saturated heterocycles. The molecule has 0 radical (unpaired) electrons. The number of ether oxygens (including phenoxy) is 3. The first-order chi connectivity index (χ1) is 13.9. The molecule has 1 unspecified atom stereocenters. The van der Waals surface area contributed by atoms with E-state index in [-0.39, 0.29) is 31.3 Å². The second-order valence-corrected chi connectivity index (χ2v) is 6.83. The van der Waals surface area contributed by atoms with Crippen molar-refractivity contribution in [2.75, 3.05) is 20.3 Å². The van der Waals surface area contributed by atoms with Gasteiger partial charge < -0.3 is 19.5 Å². The van der Waals surface area contributed by atoms with Crippen LogP contribution in [0.2, 0.25) is 0 Å². The summed E-state index contributed by atoms with van der Waals surface area (Å²) in [6.45, 7) is 6.29. The summed E-state index contributed by atoms with van der Waals surface area (Å²) >= 11 is 0. The van der Waals surface area contributed by atoms with E-state index in [0.29, 0.717) is 12.4 Å². The summed E-state index contributed by atoms with van der Waals surface area (Å²) in [7, 11) is 1.57. The number of benzene rings is 2. The lowest BCUT2D eigenvalue weighted by molar-refractivity contribution is -0.143. The molecule has 1 amide bonds. The minimum absolute atomic E-state index is 0.0463. The van der Waals surface area contributed by atoms with Gasteiger partial charge in [0.05, 0.1) is 39.2 Å². The molecule has 6 nitrogen and oxygen atoms in total. The van der Waals surface area contributed by atoms with E-state index in [1.54, 1.807) is 20.1 Å². The molecule has 0 aliphatic carbocycles. The molecule has 0 bridgehead atoms. The molecule has 1 atom stereocenters. The fourth-order valence-electron chi connectivity index (χ4n) is 3.04. The van der Waals surface area contributed by atoms with Crippen molar-refractivity contribution in [3.05, 3.63) is 59.2 Å². The molecule has 0 saturated carbocycles. The van der Waals surface area contributed by atoms with Gasteiger partial charge in [-0.15, -0.1) is 0 Å². The predicted octanol–water partition coefficient (Wildman–Crippen LogP) is 3.89. The average molecular weight is 399 g/mol. The van der Waals surface area contributed by atoms with Crippen LogP contribution in [0.25, 0.3) is 0 Å². The number of nitrogens with one attached hydrogen (secondary N) is 1. The Hall–Kier alpha value is -3.02. The smallest absolute Gasteiger partial charge is 0.308 e. The van der Waals surface area contributed by atoms with Crippen LogP contribution in [0.5, 0.6) is 11.5 Å². The minimum atomic E-state index is -0.502. The van der Waals surface area contributed by atoms with E-state index in [2.05, 4.69) is 11.4 Å². The minimum Gasteiger partial charge on any atom is -0.497 e. The van der Waals surface area contributed by atoms with E-state index < -0.39 is 6.04 Å². The summed E-state index contributed by atoms with van der Waals surface area (Å²) in [6, 6.07) is 12.7. The van der Waals surface area contributed by atoms with E-state index in [9.17, 15) is 9.59 Å². The number of carbonyl (C=O) groups excluding carboxylic acids is 2. The molecule has 0 aliphatic heterocycles. The third-order valence-corrected chi connectivity index (χ3v) is 4.30. The molecule has 0 aliphatic rings. The fraction of sp³-hybridized carbons (Fsp3) is 0.391. The van der Waals surface area contributed by atoms with Crippen LogP contribution < -0.4 is 14.8 Å². The SMILES string of the molecule is CCOC(=O)CC(NC(=O)CCOc1cc(C)cc(C)c1)c1cccc(OC)c1. The van der Waals surface area contributed by atoms with Crippen molar-refractivity contribution in [2.45, 2.75) is 39.7 Å². The zero-order valence-electron chi connectivity index (χ0n) is 17.5. The number of hydrogen-bond donors (Lipinski definition) is 1. The van der Waals surface area contributed by atoms with Crippen LogP contribution in [0, 0.1) is 13.8 Å². The van der Waals surface area contributed by atoms with Crippen LogP contribution >= 0.6 is 0 Å². The molecular formula is C23H29NO5. The molecule has 0 heterocycles. The first-order valence-corrected chi connectivity index (χ1v) is 9.71. The lowest BCUT2D eigenvalue weighted by atomic mass is 10.0. The van der Waals surface area contributed by atoms with E-state index in [1.165, 1.54) is 0 Å². The van der Waals surface area contributed by atoms with E-state index in [4.69, 9.17) is 14.2 Å². The zero-order valence-corrected chi connectivity index (χ0v) is 17.5. The number of carbonyl (C=O) groups is 2. The predicted molar refractivity (Wildman–Crippen MR) is 111 cm³/mol. The molecule has 156 valence electrons. The van der Waals surface area contributed by atoms with Gasteiger partial charge in [-0.25, -0.2) is 0 Å². The van der Waals surface area contributed by atoms with Gasteiger partial charge in [-0.2, -0.15) is 0 Å². The number of aryl methyl sites for hydroxylation is 2. The number of methoxy groups -OCH3 is 1. The summed E-state index contributed by atoms with van der Waals surface area (Å²) in [5, 5.41) is 2.91. The first-order valence-electron chi connectivity index (χ1n) is 9.71. The van der Waals surface area contributed by atoms with Crippen LogP contribution in [0.4, 0.5) is 0 Å². The summed E-state index contributed by atoms with van der Waals surface area (Å²) < 4.78 is 16.0. The highest BCUT2D eigenvalue weighted by Gasteiger charge is 2.20. The quantitative estimate of drug-likeness (QED) is 0.614. The van der Waals surface area contributed by atoms with Crippen LogP contribution in [0.1, 0.15) is 42.5 Å². The molecule has 2 aromatic carbocycles. The number of hydrogen-bond acceptors (Lipinski definition) is 5. The van der Waals surface area contributed by atoms with Gasteiger partial charge >= 0.3 is 5.97 Å². The largest absolute Gasteiger partial charge is 0.497 e. The Balaban J connectivity index is 1.99. The number of rotatable bonds is 10. The van der Waals surface area contributed by atoms with Crippen molar-refractivity contribution >= 4 is 11.9 Å². The maximum Gasteiger partial charge on any atom is 0.308 e. The summed E-state index contributed by atoms with van der Waals surface area (Å²) in [6.07, 6.45) is 0.223. The van der Waals surface area contributed by atoms with Gasteiger partial charge in [-0.3, -0.25) is 9.59 Å². The zero-order chi connectivity index (χ0) is 21.2. The third-order valence-electron chi connectivity index (χ3n) is 4.30. The Bertz CT molecular complexity index is 814. The molecule has 2 aromatic rings. The summed E-state index contributed by atoms with van der Waals surface area (Å²) in [5.74, 6) is 0.827. The Kier molecular flexibility index (Phi) is 8.52. The van der Waals surface area contributed by atoms with Crippen molar-refractivity contribution in [2.24, 2.45) is 0 Å². The van der Waals surface area contributed by atoms with Gasteiger partial charge in [-0.05, 0) is 61.7 Å². The van der Waals surface area contributed by atoms with Crippen molar-refractivity contribution in [3.63, 3.8) is 0 Å². The summed E-state index contributed by atoms with van der Waals surface area (Å²) in [4.78, 5) is 24.5. The lowest BCUT2D eigenvalue weighted by Crippen LogP contribution is -2.31. The van der Waals surface area contributed by atoms with Crippen molar-refractivity contribution in [3.8, 4) is 11.5 Å². The van der Waals surface area contributed by atoms with Crippen molar-refractivity contribution < 1.29 is 23.8 Å². The van der Waals surface area contributed by atoms with Crippen molar-refractivity contribution in [1.29, 1.82) is 0 Å². The van der Waals surface area contributed by atoms with Crippen molar-refractivity contribution in [1.82, 2.24) is 5.32 Å². The number of amides is 1. The maximum absolute atomic E-state index is 12.5. The first kappa shape index (κ1) is 22.3. The summed E-state index contributed by atoms with van der Waals surface area (Å²) in [5.41, 5.74) is 3.00. The van der Waals surface area contributed by atoms with E-state index >= 15 is 0 Å². The fourth-order valence-corrected chi connectivity index (χ4v) is 3.04. The van der Waals surface area contributed by atoms with Crippen LogP contribution in [-0.2, 0) is 14.3 Å². The second kappa shape index (κ2) is 11.1. The van der Waals surface area contributed by atoms with Gasteiger partial charge in [0.2, 0.25) is 5.91 Å². The molecule has 0 aromatic heterocycles. The highest BCUT2D eigenvalue weighted by molar-refractivity contribution is 5.78. The number of esters is 1. The third kappa shape index (κ3) is 7.49. The molecule has 2 rings (SSSR count). The van der Waals surface area contributed by atoms with Crippen LogP contribution in [-0.4, -0.2) is 32.2 Å². The monoisotopic (exact) mass is 399 g/mol. The topological polar surface area (TPSA) is 73.9 Å². The molecule has 1 N–H and O–H groups in total. The Labute approximate surface area is 172 Å². The standard InChI is InChI=1S/C23H29NO5/c1-5-28-23(26)15-21(18-7-6-8-19(14-18)27-4)24-22(25)9-10-29-20-12-16(2)11-17(3)13-20/h6-8,11-14,21H,5,9-10,15H2,1-4H3,(H,24,25). The maximum atomic E-state index is 12.5. The lowest BCUT2D eigenvalue weighted by Gasteiger charge is -2.19. The van der Waals surface area contributed by atoms with Gasteiger partial charge in [-0.1, -0.05) is 18.2 Å². The van der Waals surface area contributed by atoms with Gasteiger partial charge in [0.25, 0.3) is 0 Å². The van der Waals surface area contributed by atoms with Gasteiger partial charge in [0, 0.05) is 0 Å². The molecule has 6 heteroatoms. The average Bonchev–Trinajstić information content (AvgIpc) is 2.67. The Morgan fingerprint density at radius 3 is 2.41 bits per heavy atom. The van der Waals surface area contributed by atoms with Crippen LogP contribution in [0.15, 0.2) is 42.5 Å². The molecule has 0 spiro atoms. The Morgan fingerprint density at radius 1 is 1.03 bits per heavy atom. The molecule has 29 heavy (non-hydrogen) atoms. The second-order valence-electron chi connectivity index (χ2n) is 6.83. The van der Waals surface area contributed by atoms with E-state index in [1.807, 2.05) is 44.2 Å². The highest BCUT2D eigenvalue weighted by Crippen LogP contribution is 2.22. The van der Waals surface area contributed by atoms with E-state index in [0.717, 1.165) is 22.4 Å². The molecule has 0 fully saturated rings. The highest BCUT2D eigenvalue weighted by atomic mass is 16.5. The molecular weight excluding hydrogens is 370 g/mol. The van der Waals surface area contributed by atoms with Gasteiger partial charge in [0.1, 0.15) is 11.5 Å². The Morgan fingerprint density at radius 2 is 1.76 bits per heavy atom. The van der Waals surface area contributed by atoms with Gasteiger partial charge in [0.15, 0.2) is 0 Å². The van der Waals surface area contributed by atoms with Crippen LogP contribution in [0.3, 0.4) is 0 Å². The normalized spacial score (nSPS) is 11.4.